The zero-order chi connectivity index (χ0) is 5.11. The molecule has 1 heterocycles. The molecule has 1 aliphatic rings. The molecule has 40 valence electrons. The second-order valence-corrected chi connectivity index (χ2v) is 1.41. The first-order chi connectivity index (χ1) is 3.43. The quantitative estimate of drug-likeness (QED) is 0.440. The minimum absolute atomic E-state index is 0.111. The van der Waals surface area contributed by atoms with Gasteiger partial charge in [-0.05, 0) is 0 Å². The molecule has 3 nitrogen and oxygen atoms in total. The molecule has 1 saturated heterocycles. The maximum absolute atomic E-state index is 6.69. The van der Waals surface area contributed by atoms with Crippen LogP contribution in [0.1, 0.15) is 0 Å². The van der Waals surface area contributed by atoms with E-state index in [1.165, 1.54) is 6.21 Å². The Kier molecular flexibility index (Phi) is 1.38. The van der Waals surface area contributed by atoms with Crippen molar-refractivity contribution in [3.63, 3.8) is 0 Å². The van der Waals surface area contributed by atoms with Crippen LogP contribution in [0.5, 0.6) is 0 Å². The van der Waals surface area contributed by atoms with Crippen LogP contribution in [0.4, 0.5) is 0 Å². The maximum Gasteiger partial charge on any atom is 0.143 e. The number of ether oxygens (including phenoxy) is 1. The molecule has 0 aliphatic carbocycles. The Hall–Kier alpha value is -0.410. The molecule has 0 saturated carbocycles. The summed E-state index contributed by atoms with van der Waals surface area (Å²) in [6.45, 7) is 1.61. The van der Waals surface area contributed by atoms with Crippen molar-refractivity contribution in [2.45, 2.75) is 6.23 Å². The molecule has 0 aromatic rings. The van der Waals surface area contributed by atoms with Crippen molar-refractivity contribution in [3.8, 4) is 0 Å². The third kappa shape index (κ3) is 0.976. The van der Waals surface area contributed by atoms with Gasteiger partial charge >= 0.3 is 0 Å². The van der Waals surface area contributed by atoms with Crippen LogP contribution in [0.15, 0.2) is 0 Å². The molecular weight excluding hydrogens is 92.1 g/mol. The van der Waals surface area contributed by atoms with Crippen LogP contribution in [0.25, 0.3) is 0 Å². The first-order valence-electron chi connectivity index (χ1n) is 2.29. The third-order valence-electron chi connectivity index (χ3n) is 0.896. The normalized spacial score (nSPS) is 30.6. The van der Waals surface area contributed by atoms with Crippen molar-refractivity contribution in [3.05, 3.63) is 0 Å². The Morgan fingerprint density at radius 3 is 3.00 bits per heavy atom. The van der Waals surface area contributed by atoms with Crippen molar-refractivity contribution in [2.75, 3.05) is 13.2 Å². The molecule has 0 bridgehead atoms. The van der Waals surface area contributed by atoms with Crippen molar-refractivity contribution in [2.24, 2.45) is 0 Å². The lowest BCUT2D eigenvalue weighted by Crippen LogP contribution is -2.22. The van der Waals surface area contributed by atoms with Gasteiger partial charge < -0.3 is 10.1 Å². The summed E-state index contributed by atoms with van der Waals surface area (Å²) in [5.41, 5.74) is 0. The number of hydrogen-bond acceptors (Lipinski definition) is 3. The molecule has 0 amide bonds. The zero-order valence-electron chi connectivity index (χ0n) is 3.98. The summed E-state index contributed by atoms with van der Waals surface area (Å²) < 4.78 is 4.95. The summed E-state index contributed by atoms with van der Waals surface area (Å²) >= 11 is 0. The fraction of sp³-hybridized carbons (Fsp3) is 0.750. The second-order valence-electron chi connectivity index (χ2n) is 1.41. The number of nitrogens with one attached hydrogen (secondary N) is 2. The summed E-state index contributed by atoms with van der Waals surface area (Å²) in [6, 6.07) is 0. The maximum atomic E-state index is 6.69. The lowest BCUT2D eigenvalue weighted by molar-refractivity contribution is 0.155. The van der Waals surface area contributed by atoms with Gasteiger partial charge in [-0.25, -0.2) is 0 Å². The van der Waals surface area contributed by atoms with Gasteiger partial charge in [-0.15, -0.1) is 0 Å². The van der Waals surface area contributed by atoms with E-state index in [-0.39, 0.29) is 6.23 Å². The van der Waals surface area contributed by atoms with Crippen LogP contribution in [0.2, 0.25) is 0 Å². The minimum Gasteiger partial charge on any atom is -0.357 e. The summed E-state index contributed by atoms with van der Waals surface area (Å²) in [5, 5.41) is 9.63. The Labute approximate surface area is 42.2 Å². The van der Waals surface area contributed by atoms with Gasteiger partial charge in [-0.1, -0.05) is 0 Å². The monoisotopic (exact) mass is 100 g/mol. The molecule has 7 heavy (non-hydrogen) atoms. The Morgan fingerprint density at radius 1 is 1.86 bits per heavy atom. The highest BCUT2D eigenvalue weighted by Crippen LogP contribution is 1.88. The van der Waals surface area contributed by atoms with Crippen LogP contribution in [0, 0.1) is 5.41 Å². The molecule has 1 fully saturated rings. The van der Waals surface area contributed by atoms with Gasteiger partial charge in [0, 0.05) is 12.8 Å². The standard InChI is InChI=1S/C4H8N2O/c5-3-4-6-1-2-7-4/h3-6H,1-2H2. The largest absolute Gasteiger partial charge is 0.357 e. The average molecular weight is 100 g/mol. The topological polar surface area (TPSA) is 45.1 Å². The molecule has 0 aromatic heterocycles. The highest BCUT2D eigenvalue weighted by molar-refractivity contribution is 5.58. The predicted octanol–water partition coefficient (Wildman–Crippen LogP) is -0.418. The van der Waals surface area contributed by atoms with Crippen molar-refractivity contribution in [1.82, 2.24) is 5.32 Å². The fourth-order valence-electron chi connectivity index (χ4n) is 0.553. The summed E-state index contributed by atoms with van der Waals surface area (Å²) in [6.07, 6.45) is 1.15. The van der Waals surface area contributed by atoms with Crippen LogP contribution >= 0.6 is 0 Å². The molecule has 0 aromatic carbocycles. The molecule has 3 heteroatoms. The highest BCUT2D eigenvalue weighted by Gasteiger charge is 2.08. The van der Waals surface area contributed by atoms with E-state index in [2.05, 4.69) is 5.32 Å². The Balaban J connectivity index is 2.26. The fourth-order valence-corrected chi connectivity index (χ4v) is 0.553. The van der Waals surface area contributed by atoms with Crippen molar-refractivity contribution < 1.29 is 4.74 Å². The van der Waals surface area contributed by atoms with E-state index in [4.69, 9.17) is 10.1 Å². The molecule has 0 spiro atoms. The lowest BCUT2D eigenvalue weighted by atomic mass is 10.6. The molecule has 1 rings (SSSR count). The van der Waals surface area contributed by atoms with E-state index in [1.807, 2.05) is 0 Å². The summed E-state index contributed by atoms with van der Waals surface area (Å²) in [4.78, 5) is 0. The van der Waals surface area contributed by atoms with E-state index in [0.29, 0.717) is 0 Å². The van der Waals surface area contributed by atoms with Crippen molar-refractivity contribution in [1.29, 1.82) is 5.41 Å². The smallest absolute Gasteiger partial charge is 0.143 e. The number of hydrogen-bond donors (Lipinski definition) is 2. The van der Waals surface area contributed by atoms with E-state index < -0.39 is 0 Å². The van der Waals surface area contributed by atoms with E-state index in [9.17, 15) is 0 Å². The Morgan fingerprint density at radius 2 is 2.71 bits per heavy atom. The van der Waals surface area contributed by atoms with Crippen LogP contribution < -0.4 is 5.32 Å². The molecule has 1 unspecified atom stereocenters. The van der Waals surface area contributed by atoms with Gasteiger partial charge in [-0.2, -0.15) is 0 Å². The van der Waals surface area contributed by atoms with Gasteiger partial charge in [0.2, 0.25) is 0 Å². The molecule has 0 radical (unpaired) electrons. The summed E-state index contributed by atoms with van der Waals surface area (Å²) in [7, 11) is 0. The van der Waals surface area contributed by atoms with Gasteiger partial charge in [0.05, 0.1) is 6.61 Å². The zero-order valence-corrected chi connectivity index (χ0v) is 3.98. The first kappa shape index (κ1) is 4.74. The minimum atomic E-state index is -0.111. The van der Waals surface area contributed by atoms with E-state index in [1.54, 1.807) is 0 Å². The Bertz CT molecular complexity index is 68.1. The molecule has 1 aliphatic heterocycles. The van der Waals surface area contributed by atoms with Gasteiger partial charge in [0.1, 0.15) is 6.23 Å². The highest BCUT2D eigenvalue weighted by atomic mass is 16.5. The van der Waals surface area contributed by atoms with Crippen molar-refractivity contribution >= 4 is 6.21 Å². The summed E-state index contributed by atoms with van der Waals surface area (Å²) in [5.74, 6) is 0. The molecule has 1 atom stereocenters. The van der Waals surface area contributed by atoms with Gasteiger partial charge in [-0.3, -0.25) is 5.32 Å². The van der Waals surface area contributed by atoms with Crippen LogP contribution in [-0.2, 0) is 4.74 Å². The SMILES string of the molecule is N=CC1NCCO1. The molecule has 2 N–H and O–H groups in total. The average Bonchev–Trinajstić information content (AvgIpc) is 2.14. The number of rotatable bonds is 1. The molecular formula is C4H8N2O. The third-order valence-corrected chi connectivity index (χ3v) is 0.896. The van der Waals surface area contributed by atoms with E-state index in [0.717, 1.165) is 13.2 Å². The van der Waals surface area contributed by atoms with E-state index >= 15 is 0 Å². The van der Waals surface area contributed by atoms with Crippen LogP contribution in [-0.4, -0.2) is 25.6 Å². The second kappa shape index (κ2) is 2.04. The van der Waals surface area contributed by atoms with Gasteiger partial charge in [0.15, 0.2) is 0 Å². The van der Waals surface area contributed by atoms with Crippen LogP contribution in [0.3, 0.4) is 0 Å². The lowest BCUT2D eigenvalue weighted by Gasteiger charge is -1.97. The predicted molar refractivity (Wildman–Crippen MR) is 26.5 cm³/mol. The first-order valence-corrected chi connectivity index (χ1v) is 2.29. The van der Waals surface area contributed by atoms with Gasteiger partial charge in [0.25, 0.3) is 0 Å².